The third-order valence-corrected chi connectivity index (χ3v) is 8.11. The SMILES string of the molecule is Cn1c(-c2nc(N)ncc2C#Cc2cccc(CC(=O)N[C@H](CN3CCCC3)c3ccccc3)c2)cc2c1CCNC2=O. The van der Waals surface area contributed by atoms with Gasteiger partial charge >= 0.3 is 0 Å². The average Bonchev–Trinajstić information content (AvgIpc) is 3.65. The van der Waals surface area contributed by atoms with Crippen LogP contribution in [0.2, 0.25) is 0 Å². The molecule has 1 saturated heterocycles. The first-order valence-electron chi connectivity index (χ1n) is 14.7. The molecule has 4 aromatic rings. The molecule has 218 valence electrons. The van der Waals surface area contributed by atoms with Crippen molar-refractivity contribution in [2.75, 3.05) is 31.9 Å². The van der Waals surface area contributed by atoms with Crippen LogP contribution in [0.5, 0.6) is 0 Å². The summed E-state index contributed by atoms with van der Waals surface area (Å²) in [6.07, 6.45) is 5.02. The molecule has 2 amide bonds. The topological polar surface area (TPSA) is 118 Å². The molecule has 0 saturated carbocycles. The van der Waals surface area contributed by atoms with Crippen molar-refractivity contribution in [2.45, 2.75) is 31.7 Å². The van der Waals surface area contributed by atoms with Crippen molar-refractivity contribution in [1.82, 2.24) is 30.1 Å². The lowest BCUT2D eigenvalue weighted by atomic mass is 10.0. The number of carbonyl (C=O) groups excluding carboxylic acids is 2. The number of hydrogen-bond donors (Lipinski definition) is 3. The minimum atomic E-state index is -0.0928. The molecule has 0 unspecified atom stereocenters. The molecule has 1 fully saturated rings. The molecule has 2 aromatic heterocycles. The summed E-state index contributed by atoms with van der Waals surface area (Å²) in [6, 6.07) is 19.7. The van der Waals surface area contributed by atoms with Gasteiger partial charge < -0.3 is 25.8 Å². The smallest absolute Gasteiger partial charge is 0.253 e. The van der Waals surface area contributed by atoms with E-state index in [0.29, 0.717) is 23.4 Å². The van der Waals surface area contributed by atoms with E-state index in [4.69, 9.17) is 5.73 Å². The Morgan fingerprint density at radius 2 is 1.91 bits per heavy atom. The second-order valence-corrected chi connectivity index (χ2v) is 11.1. The van der Waals surface area contributed by atoms with E-state index >= 15 is 0 Å². The van der Waals surface area contributed by atoms with Gasteiger partial charge in [-0.25, -0.2) is 9.97 Å². The molecule has 0 bridgehead atoms. The highest BCUT2D eigenvalue weighted by molar-refractivity contribution is 5.98. The number of likely N-dealkylation sites (tertiary alicyclic amines) is 1. The summed E-state index contributed by atoms with van der Waals surface area (Å²) in [4.78, 5) is 36.7. The Hall–Kier alpha value is -4.94. The quantitative estimate of drug-likeness (QED) is 0.292. The monoisotopic (exact) mass is 573 g/mol. The van der Waals surface area contributed by atoms with E-state index in [2.05, 4.69) is 49.5 Å². The van der Waals surface area contributed by atoms with Gasteiger partial charge in [-0.05, 0) is 55.3 Å². The van der Waals surface area contributed by atoms with Crippen molar-refractivity contribution in [2.24, 2.45) is 7.05 Å². The molecule has 43 heavy (non-hydrogen) atoms. The third kappa shape index (κ3) is 6.45. The van der Waals surface area contributed by atoms with Gasteiger partial charge in [0, 0.05) is 44.0 Å². The Kier molecular flexibility index (Phi) is 8.20. The zero-order valence-electron chi connectivity index (χ0n) is 24.3. The first-order chi connectivity index (χ1) is 20.9. The average molecular weight is 574 g/mol. The van der Waals surface area contributed by atoms with Crippen LogP contribution in [-0.4, -0.2) is 57.4 Å². The highest BCUT2D eigenvalue weighted by Gasteiger charge is 2.24. The Labute approximate surface area is 251 Å². The normalized spacial score (nSPS) is 15.2. The minimum absolute atomic E-state index is 0.0240. The van der Waals surface area contributed by atoms with E-state index in [-0.39, 0.29) is 30.2 Å². The van der Waals surface area contributed by atoms with Gasteiger partial charge in [0.15, 0.2) is 0 Å². The van der Waals surface area contributed by atoms with Crippen molar-refractivity contribution in [3.05, 3.63) is 100 Å². The summed E-state index contributed by atoms with van der Waals surface area (Å²) < 4.78 is 1.98. The van der Waals surface area contributed by atoms with Gasteiger partial charge in [-0.3, -0.25) is 9.59 Å². The van der Waals surface area contributed by atoms with Crippen molar-refractivity contribution >= 4 is 17.8 Å². The number of nitrogens with one attached hydrogen (secondary N) is 2. The summed E-state index contributed by atoms with van der Waals surface area (Å²) in [6.45, 7) is 3.55. The number of benzene rings is 2. The van der Waals surface area contributed by atoms with Gasteiger partial charge in [0.2, 0.25) is 11.9 Å². The van der Waals surface area contributed by atoms with Gasteiger partial charge in [-0.2, -0.15) is 0 Å². The summed E-state index contributed by atoms with van der Waals surface area (Å²) >= 11 is 0. The fourth-order valence-corrected chi connectivity index (χ4v) is 5.91. The zero-order valence-corrected chi connectivity index (χ0v) is 24.3. The number of nitrogens with zero attached hydrogens (tertiary/aromatic N) is 4. The van der Waals surface area contributed by atoms with Gasteiger partial charge in [-0.1, -0.05) is 54.3 Å². The molecule has 0 aliphatic carbocycles. The van der Waals surface area contributed by atoms with Crippen LogP contribution in [-0.2, 0) is 24.7 Å². The fraction of sp³-hybridized carbons (Fsp3) is 0.294. The Bertz CT molecular complexity index is 1710. The molecule has 6 rings (SSSR count). The van der Waals surface area contributed by atoms with Gasteiger partial charge in [-0.15, -0.1) is 0 Å². The van der Waals surface area contributed by atoms with Crippen molar-refractivity contribution in [1.29, 1.82) is 0 Å². The van der Waals surface area contributed by atoms with Crippen LogP contribution in [0.15, 0.2) is 66.9 Å². The molecule has 0 radical (unpaired) electrons. The van der Waals surface area contributed by atoms with E-state index in [1.165, 1.54) is 12.8 Å². The lowest BCUT2D eigenvalue weighted by molar-refractivity contribution is -0.121. The largest absolute Gasteiger partial charge is 0.368 e. The first kappa shape index (κ1) is 28.2. The zero-order chi connectivity index (χ0) is 29.8. The van der Waals surface area contributed by atoms with Crippen LogP contribution in [0.3, 0.4) is 0 Å². The van der Waals surface area contributed by atoms with Gasteiger partial charge in [0.1, 0.15) is 5.69 Å². The Morgan fingerprint density at radius 1 is 1.09 bits per heavy atom. The Balaban J connectivity index is 1.20. The van der Waals surface area contributed by atoms with E-state index in [1.54, 1.807) is 6.20 Å². The van der Waals surface area contributed by atoms with E-state index < -0.39 is 0 Å². The minimum Gasteiger partial charge on any atom is -0.368 e. The second-order valence-electron chi connectivity index (χ2n) is 11.1. The van der Waals surface area contributed by atoms with Crippen molar-refractivity contribution in [3.63, 3.8) is 0 Å². The lowest BCUT2D eigenvalue weighted by Gasteiger charge is -2.25. The number of carbonyl (C=O) groups is 2. The van der Waals surface area contributed by atoms with Crippen molar-refractivity contribution in [3.8, 4) is 23.2 Å². The fourth-order valence-electron chi connectivity index (χ4n) is 5.91. The third-order valence-electron chi connectivity index (χ3n) is 8.11. The molecule has 9 heteroatoms. The molecule has 4 N–H and O–H groups in total. The predicted octanol–water partition coefficient (Wildman–Crippen LogP) is 3.25. The molecule has 4 heterocycles. The molecule has 2 aliphatic rings. The number of hydrogen-bond acceptors (Lipinski definition) is 6. The number of rotatable bonds is 7. The standard InChI is InChI=1S/C34H35N7O2/c1-40-29-14-15-36-33(43)27(29)20-30(40)32-26(21-37-34(35)39-32)13-12-23-8-7-9-24(18-23)19-31(42)38-28(22-41-16-5-6-17-41)25-10-3-2-4-11-25/h2-4,7-11,18,20-21,28H,5-6,14-17,19,22H2,1H3,(H,36,43)(H,38,42)(H2,35,37,39)/t28-/m1/s1. The second kappa shape index (κ2) is 12.5. The summed E-state index contributed by atoms with van der Waals surface area (Å²) in [5.74, 6) is 6.43. The van der Waals surface area contributed by atoms with E-state index in [1.807, 2.05) is 60.1 Å². The van der Waals surface area contributed by atoms with Crippen LogP contribution >= 0.6 is 0 Å². The number of nitrogen functional groups attached to an aromatic ring is 1. The van der Waals surface area contributed by atoms with Crippen molar-refractivity contribution < 1.29 is 9.59 Å². The lowest BCUT2D eigenvalue weighted by Crippen LogP contribution is -2.37. The number of fused-ring (bicyclic) bond motifs is 1. The van der Waals surface area contributed by atoms with Gasteiger partial charge in [0.25, 0.3) is 5.91 Å². The van der Waals surface area contributed by atoms with Crippen LogP contribution in [0.4, 0.5) is 5.95 Å². The van der Waals surface area contributed by atoms with Crippen LogP contribution in [0.25, 0.3) is 11.4 Å². The van der Waals surface area contributed by atoms with Crippen LogP contribution in [0.1, 0.15) is 57.2 Å². The molecule has 9 nitrogen and oxygen atoms in total. The highest BCUT2D eigenvalue weighted by atomic mass is 16.2. The molecule has 1 atom stereocenters. The van der Waals surface area contributed by atoms with E-state index in [9.17, 15) is 9.59 Å². The number of aromatic nitrogens is 3. The molecule has 2 aliphatic heterocycles. The molecular formula is C34H35N7O2. The predicted molar refractivity (Wildman–Crippen MR) is 166 cm³/mol. The highest BCUT2D eigenvalue weighted by Crippen LogP contribution is 2.28. The molecule has 0 spiro atoms. The molecule has 2 aromatic carbocycles. The van der Waals surface area contributed by atoms with Crippen LogP contribution < -0.4 is 16.4 Å². The number of anilines is 1. The summed E-state index contributed by atoms with van der Waals surface area (Å²) in [5, 5.41) is 6.16. The summed E-state index contributed by atoms with van der Waals surface area (Å²) in [5.41, 5.74) is 12.3. The van der Waals surface area contributed by atoms with E-state index in [0.717, 1.165) is 54.1 Å². The number of nitrogens with two attached hydrogens (primary N) is 1. The first-order valence-corrected chi connectivity index (χ1v) is 14.7. The number of amides is 2. The maximum atomic E-state index is 13.2. The maximum Gasteiger partial charge on any atom is 0.253 e. The van der Waals surface area contributed by atoms with Gasteiger partial charge in [0.05, 0.1) is 29.3 Å². The maximum absolute atomic E-state index is 13.2. The Morgan fingerprint density at radius 3 is 2.70 bits per heavy atom. The van der Waals surface area contributed by atoms with Crippen LogP contribution in [0, 0.1) is 11.8 Å². The summed E-state index contributed by atoms with van der Waals surface area (Å²) in [7, 11) is 1.92. The molecular weight excluding hydrogens is 538 g/mol.